The lowest BCUT2D eigenvalue weighted by molar-refractivity contribution is -0.149. The zero-order chi connectivity index (χ0) is 14.1. The van der Waals surface area contributed by atoms with Gasteiger partial charge in [0.15, 0.2) is 0 Å². The topological polar surface area (TPSA) is 52.3 Å². The second-order valence-corrected chi connectivity index (χ2v) is 6.05. The molecule has 0 radical (unpaired) electrons. The molecule has 0 saturated carbocycles. The number of rotatable bonds is 9. The van der Waals surface area contributed by atoms with Crippen molar-refractivity contribution < 1.29 is 9.53 Å². The average molecular weight is 257 g/mol. The fourth-order valence-corrected chi connectivity index (χ4v) is 2.32. The van der Waals surface area contributed by atoms with E-state index in [2.05, 4.69) is 27.7 Å². The van der Waals surface area contributed by atoms with Gasteiger partial charge in [-0.25, -0.2) is 0 Å². The van der Waals surface area contributed by atoms with Crippen molar-refractivity contribution in [1.82, 2.24) is 0 Å². The minimum atomic E-state index is -0.0641. The number of carbonyl (C=O) groups is 1. The molecule has 0 rings (SSSR count). The van der Waals surface area contributed by atoms with E-state index in [1.54, 1.807) is 0 Å². The maximum Gasteiger partial charge on any atom is 0.306 e. The molecule has 2 unspecified atom stereocenters. The minimum absolute atomic E-state index is 0.0320. The second-order valence-electron chi connectivity index (χ2n) is 6.05. The summed E-state index contributed by atoms with van der Waals surface area (Å²) < 4.78 is 5.40. The van der Waals surface area contributed by atoms with Gasteiger partial charge in [0.2, 0.25) is 0 Å². The number of hydrogen-bond donors (Lipinski definition) is 1. The van der Waals surface area contributed by atoms with Crippen LogP contribution < -0.4 is 5.73 Å². The monoisotopic (exact) mass is 257 g/mol. The van der Waals surface area contributed by atoms with Gasteiger partial charge in [0.25, 0.3) is 0 Å². The number of nitrogens with two attached hydrogens (primary N) is 1. The van der Waals surface area contributed by atoms with Crippen LogP contribution in [0, 0.1) is 17.8 Å². The standard InChI is InChI=1S/C15H31NO2/c1-11(2)10-13(5)18-15(17)7-6-14(8-9-16)12(3)4/h11-14H,6-10,16H2,1-5H3. The van der Waals surface area contributed by atoms with Crippen molar-refractivity contribution in [3.05, 3.63) is 0 Å². The Morgan fingerprint density at radius 1 is 1.11 bits per heavy atom. The first-order chi connectivity index (χ1) is 8.36. The lowest BCUT2D eigenvalue weighted by atomic mass is 9.88. The Morgan fingerprint density at radius 2 is 1.72 bits per heavy atom. The van der Waals surface area contributed by atoms with Crippen LogP contribution in [-0.4, -0.2) is 18.6 Å². The first-order valence-corrected chi connectivity index (χ1v) is 7.26. The number of hydrogen-bond acceptors (Lipinski definition) is 3. The molecule has 108 valence electrons. The minimum Gasteiger partial charge on any atom is -0.463 e. The molecule has 0 bridgehead atoms. The van der Waals surface area contributed by atoms with E-state index in [9.17, 15) is 4.79 Å². The summed E-state index contributed by atoms with van der Waals surface area (Å²) in [6, 6.07) is 0. The van der Waals surface area contributed by atoms with Crippen molar-refractivity contribution in [1.29, 1.82) is 0 Å². The van der Waals surface area contributed by atoms with E-state index in [0.717, 1.165) is 19.3 Å². The summed E-state index contributed by atoms with van der Waals surface area (Å²) in [4.78, 5) is 11.7. The van der Waals surface area contributed by atoms with Gasteiger partial charge in [0, 0.05) is 6.42 Å². The predicted molar refractivity (Wildman–Crippen MR) is 76.2 cm³/mol. The van der Waals surface area contributed by atoms with Crippen LogP contribution in [0.25, 0.3) is 0 Å². The fourth-order valence-electron chi connectivity index (χ4n) is 2.32. The summed E-state index contributed by atoms with van der Waals surface area (Å²) >= 11 is 0. The zero-order valence-corrected chi connectivity index (χ0v) is 12.7. The van der Waals surface area contributed by atoms with Crippen molar-refractivity contribution in [2.75, 3.05) is 6.54 Å². The third-order valence-corrected chi connectivity index (χ3v) is 3.34. The van der Waals surface area contributed by atoms with E-state index in [1.165, 1.54) is 0 Å². The van der Waals surface area contributed by atoms with Crippen molar-refractivity contribution in [2.45, 2.75) is 66.4 Å². The van der Waals surface area contributed by atoms with Crippen LogP contribution in [0.15, 0.2) is 0 Å². The molecule has 0 aromatic rings. The van der Waals surface area contributed by atoms with Crippen molar-refractivity contribution in [3.8, 4) is 0 Å². The second kappa shape index (κ2) is 9.37. The highest BCUT2D eigenvalue weighted by Crippen LogP contribution is 2.21. The Labute approximate surface area is 112 Å². The highest BCUT2D eigenvalue weighted by Gasteiger charge is 2.16. The molecule has 0 aliphatic rings. The third kappa shape index (κ3) is 8.51. The maximum atomic E-state index is 11.7. The summed E-state index contributed by atoms with van der Waals surface area (Å²) in [5, 5.41) is 0. The molecule has 0 fully saturated rings. The van der Waals surface area contributed by atoms with E-state index in [0.29, 0.717) is 30.7 Å². The van der Waals surface area contributed by atoms with Gasteiger partial charge in [-0.2, -0.15) is 0 Å². The number of ether oxygens (including phenoxy) is 1. The summed E-state index contributed by atoms with van der Waals surface area (Å²) in [5.41, 5.74) is 5.59. The molecule has 3 nitrogen and oxygen atoms in total. The molecule has 0 saturated heterocycles. The normalized spacial score (nSPS) is 14.9. The maximum absolute atomic E-state index is 11.7. The predicted octanol–water partition coefficient (Wildman–Crippen LogP) is 3.37. The Morgan fingerprint density at radius 3 is 2.17 bits per heavy atom. The molecule has 2 atom stereocenters. The van der Waals surface area contributed by atoms with Gasteiger partial charge < -0.3 is 10.5 Å². The van der Waals surface area contributed by atoms with Gasteiger partial charge in [0.1, 0.15) is 0 Å². The van der Waals surface area contributed by atoms with Gasteiger partial charge in [-0.05, 0) is 50.5 Å². The van der Waals surface area contributed by atoms with Crippen LogP contribution in [0.5, 0.6) is 0 Å². The van der Waals surface area contributed by atoms with E-state index in [1.807, 2.05) is 6.92 Å². The Kier molecular flexibility index (Phi) is 9.08. The van der Waals surface area contributed by atoms with Crippen LogP contribution in [-0.2, 0) is 9.53 Å². The quantitative estimate of drug-likeness (QED) is 0.644. The molecule has 18 heavy (non-hydrogen) atoms. The average Bonchev–Trinajstić information content (AvgIpc) is 2.22. The zero-order valence-electron chi connectivity index (χ0n) is 12.7. The molecule has 0 aliphatic carbocycles. The summed E-state index contributed by atoms with van der Waals surface area (Å²) in [7, 11) is 0. The Balaban J connectivity index is 3.93. The van der Waals surface area contributed by atoms with Crippen LogP contribution in [0.3, 0.4) is 0 Å². The van der Waals surface area contributed by atoms with Crippen LogP contribution in [0.2, 0.25) is 0 Å². The van der Waals surface area contributed by atoms with Crippen molar-refractivity contribution in [2.24, 2.45) is 23.5 Å². The smallest absolute Gasteiger partial charge is 0.306 e. The Bertz CT molecular complexity index is 227. The lowest BCUT2D eigenvalue weighted by Gasteiger charge is -2.20. The van der Waals surface area contributed by atoms with E-state index >= 15 is 0 Å². The van der Waals surface area contributed by atoms with Gasteiger partial charge in [0.05, 0.1) is 6.10 Å². The van der Waals surface area contributed by atoms with Crippen molar-refractivity contribution in [3.63, 3.8) is 0 Å². The van der Waals surface area contributed by atoms with Gasteiger partial charge in [-0.15, -0.1) is 0 Å². The molecule has 3 heteroatoms. The van der Waals surface area contributed by atoms with Crippen LogP contribution in [0.4, 0.5) is 0 Å². The molecular formula is C15H31NO2. The summed E-state index contributed by atoms with van der Waals surface area (Å²) in [6.45, 7) is 11.3. The number of esters is 1. The summed E-state index contributed by atoms with van der Waals surface area (Å²) in [5.74, 6) is 1.61. The van der Waals surface area contributed by atoms with Crippen LogP contribution in [0.1, 0.15) is 60.3 Å². The van der Waals surface area contributed by atoms with Gasteiger partial charge in [-0.3, -0.25) is 4.79 Å². The molecule has 2 N–H and O–H groups in total. The fraction of sp³-hybridized carbons (Fsp3) is 0.933. The molecule has 0 spiro atoms. The molecule has 0 aromatic heterocycles. The van der Waals surface area contributed by atoms with Crippen LogP contribution >= 0.6 is 0 Å². The highest BCUT2D eigenvalue weighted by molar-refractivity contribution is 5.69. The molecular weight excluding hydrogens is 226 g/mol. The van der Waals surface area contributed by atoms with Crippen molar-refractivity contribution >= 4 is 5.97 Å². The molecule has 0 amide bonds. The lowest BCUT2D eigenvalue weighted by Crippen LogP contribution is -2.19. The largest absolute Gasteiger partial charge is 0.463 e. The highest BCUT2D eigenvalue weighted by atomic mass is 16.5. The Hall–Kier alpha value is -0.570. The van der Waals surface area contributed by atoms with Gasteiger partial charge >= 0.3 is 5.97 Å². The first kappa shape index (κ1) is 17.4. The van der Waals surface area contributed by atoms with E-state index in [-0.39, 0.29) is 12.1 Å². The molecule has 0 heterocycles. The third-order valence-electron chi connectivity index (χ3n) is 3.34. The molecule has 0 aliphatic heterocycles. The van der Waals surface area contributed by atoms with E-state index < -0.39 is 0 Å². The summed E-state index contributed by atoms with van der Waals surface area (Å²) in [6.07, 6.45) is 3.37. The molecule has 0 aromatic carbocycles. The SMILES string of the molecule is CC(C)CC(C)OC(=O)CCC(CCN)C(C)C. The van der Waals surface area contributed by atoms with E-state index in [4.69, 9.17) is 10.5 Å². The number of carbonyl (C=O) groups excluding carboxylic acids is 1. The van der Waals surface area contributed by atoms with Gasteiger partial charge in [-0.1, -0.05) is 27.7 Å². The first-order valence-electron chi connectivity index (χ1n) is 7.26.